The number of rotatable bonds is 5. The fourth-order valence-electron chi connectivity index (χ4n) is 2.84. The van der Waals surface area contributed by atoms with Crippen molar-refractivity contribution >= 4 is 5.91 Å². The summed E-state index contributed by atoms with van der Waals surface area (Å²) in [6.45, 7) is 4.33. The molecule has 6 heteroatoms. The Hall–Kier alpha value is -3.02. The van der Waals surface area contributed by atoms with E-state index in [1.807, 2.05) is 6.92 Å². The Kier molecular flexibility index (Phi) is 5.11. The van der Waals surface area contributed by atoms with Gasteiger partial charge < -0.3 is 4.90 Å². The van der Waals surface area contributed by atoms with Crippen LogP contribution in [0.4, 0.5) is 8.78 Å². The van der Waals surface area contributed by atoms with Crippen molar-refractivity contribution in [3.05, 3.63) is 83.2 Å². The molecule has 0 fully saturated rings. The average molecular weight is 355 g/mol. The molecule has 4 nitrogen and oxygen atoms in total. The van der Waals surface area contributed by atoms with Crippen molar-refractivity contribution in [1.29, 1.82) is 0 Å². The summed E-state index contributed by atoms with van der Waals surface area (Å²) in [7, 11) is 0. The van der Waals surface area contributed by atoms with E-state index < -0.39 is 5.82 Å². The van der Waals surface area contributed by atoms with Gasteiger partial charge in [0, 0.05) is 13.1 Å². The first-order chi connectivity index (χ1) is 12.5. The quantitative estimate of drug-likeness (QED) is 0.690. The molecule has 0 saturated carbocycles. The summed E-state index contributed by atoms with van der Waals surface area (Å²) < 4.78 is 28.8. The van der Waals surface area contributed by atoms with Crippen LogP contribution in [0, 0.1) is 18.6 Å². The Labute approximate surface area is 150 Å². The molecule has 0 atom stereocenters. The number of benzene rings is 2. The molecule has 3 aromatic rings. The van der Waals surface area contributed by atoms with Crippen LogP contribution in [0.5, 0.6) is 0 Å². The molecular formula is C20H19F2N3O. The van der Waals surface area contributed by atoms with Crippen LogP contribution in [0.25, 0.3) is 5.69 Å². The molecule has 26 heavy (non-hydrogen) atoms. The van der Waals surface area contributed by atoms with Crippen LogP contribution < -0.4 is 0 Å². The summed E-state index contributed by atoms with van der Waals surface area (Å²) >= 11 is 0. The minimum absolute atomic E-state index is 0.225. The van der Waals surface area contributed by atoms with Crippen LogP contribution in [0.15, 0.2) is 54.7 Å². The molecule has 134 valence electrons. The van der Waals surface area contributed by atoms with E-state index in [4.69, 9.17) is 0 Å². The summed E-state index contributed by atoms with van der Waals surface area (Å²) in [6.07, 6.45) is 1.44. The molecule has 0 aliphatic heterocycles. The van der Waals surface area contributed by atoms with E-state index in [2.05, 4.69) is 5.10 Å². The van der Waals surface area contributed by atoms with Gasteiger partial charge in [-0.3, -0.25) is 4.79 Å². The lowest BCUT2D eigenvalue weighted by Crippen LogP contribution is -2.30. The Morgan fingerprint density at radius 2 is 1.92 bits per heavy atom. The first kappa shape index (κ1) is 17.8. The molecule has 1 aromatic heterocycles. The molecular weight excluding hydrogens is 336 g/mol. The Morgan fingerprint density at radius 1 is 1.15 bits per heavy atom. The van der Waals surface area contributed by atoms with Crippen molar-refractivity contribution in [2.24, 2.45) is 0 Å². The molecule has 0 radical (unpaired) electrons. The molecule has 0 bridgehead atoms. The van der Waals surface area contributed by atoms with Gasteiger partial charge in [-0.2, -0.15) is 5.10 Å². The summed E-state index contributed by atoms with van der Waals surface area (Å²) in [5.74, 6) is -0.976. The molecule has 0 aliphatic rings. The van der Waals surface area contributed by atoms with Gasteiger partial charge in [0.25, 0.3) is 5.91 Å². The van der Waals surface area contributed by atoms with Gasteiger partial charge in [0.15, 0.2) is 0 Å². The van der Waals surface area contributed by atoms with Gasteiger partial charge >= 0.3 is 0 Å². The third-order valence-electron chi connectivity index (χ3n) is 4.25. The van der Waals surface area contributed by atoms with Crippen molar-refractivity contribution in [2.45, 2.75) is 20.4 Å². The van der Waals surface area contributed by atoms with Crippen molar-refractivity contribution in [3.63, 3.8) is 0 Å². The van der Waals surface area contributed by atoms with Gasteiger partial charge in [-0.15, -0.1) is 0 Å². The summed E-state index contributed by atoms with van der Waals surface area (Å²) in [6, 6.07) is 12.4. The smallest absolute Gasteiger partial charge is 0.257 e. The SMILES string of the molecule is CCN(Cc1cccc(F)c1)C(=O)c1cnn(-c2ccccc2F)c1C. The number of nitrogens with zero attached hydrogens (tertiary/aromatic N) is 3. The maximum atomic E-state index is 14.0. The van der Waals surface area contributed by atoms with Gasteiger partial charge in [-0.05, 0) is 43.7 Å². The van der Waals surface area contributed by atoms with Gasteiger partial charge in [0.2, 0.25) is 0 Å². The first-order valence-corrected chi connectivity index (χ1v) is 8.34. The van der Waals surface area contributed by atoms with E-state index in [0.29, 0.717) is 23.4 Å². The molecule has 0 aliphatic carbocycles. The van der Waals surface area contributed by atoms with Crippen LogP contribution in [-0.4, -0.2) is 27.1 Å². The number of carbonyl (C=O) groups is 1. The standard InChI is InChI=1S/C20H19F2N3O/c1-3-24(13-15-7-6-8-16(21)11-15)20(26)17-12-23-25(14(17)2)19-10-5-4-9-18(19)22/h4-12H,3,13H2,1-2H3. The lowest BCUT2D eigenvalue weighted by atomic mass is 10.1. The number of amides is 1. The van der Waals surface area contributed by atoms with E-state index in [0.717, 1.165) is 0 Å². The fourth-order valence-corrected chi connectivity index (χ4v) is 2.84. The number of carbonyl (C=O) groups excluding carboxylic acids is 1. The zero-order valence-corrected chi connectivity index (χ0v) is 14.6. The predicted octanol–water partition coefficient (Wildman–Crippen LogP) is 4.12. The predicted molar refractivity (Wildman–Crippen MR) is 95.1 cm³/mol. The Bertz CT molecular complexity index is 936. The van der Waals surface area contributed by atoms with Crippen molar-refractivity contribution < 1.29 is 13.6 Å². The number of hydrogen-bond donors (Lipinski definition) is 0. The molecule has 0 spiro atoms. The normalized spacial score (nSPS) is 10.8. The lowest BCUT2D eigenvalue weighted by Gasteiger charge is -2.21. The van der Waals surface area contributed by atoms with E-state index in [-0.39, 0.29) is 24.0 Å². The van der Waals surface area contributed by atoms with Crippen LogP contribution in [0.2, 0.25) is 0 Å². The topological polar surface area (TPSA) is 38.1 Å². The number of hydrogen-bond acceptors (Lipinski definition) is 2. The first-order valence-electron chi connectivity index (χ1n) is 8.34. The maximum absolute atomic E-state index is 14.0. The van der Waals surface area contributed by atoms with E-state index in [9.17, 15) is 13.6 Å². The van der Waals surface area contributed by atoms with Crippen molar-refractivity contribution in [3.8, 4) is 5.69 Å². The van der Waals surface area contributed by atoms with Crippen LogP contribution in [0.3, 0.4) is 0 Å². The molecule has 3 rings (SSSR count). The van der Waals surface area contributed by atoms with Crippen LogP contribution in [0.1, 0.15) is 28.5 Å². The summed E-state index contributed by atoms with van der Waals surface area (Å²) in [5.41, 5.74) is 1.95. The summed E-state index contributed by atoms with van der Waals surface area (Å²) in [4.78, 5) is 14.5. The van der Waals surface area contributed by atoms with Gasteiger partial charge in [-0.25, -0.2) is 13.5 Å². The highest BCUT2D eigenvalue weighted by atomic mass is 19.1. The van der Waals surface area contributed by atoms with Gasteiger partial charge in [0.1, 0.15) is 17.3 Å². The van der Waals surface area contributed by atoms with Crippen LogP contribution in [-0.2, 0) is 6.54 Å². The van der Waals surface area contributed by atoms with E-state index in [1.165, 1.54) is 29.1 Å². The molecule has 1 heterocycles. The highest BCUT2D eigenvalue weighted by Crippen LogP contribution is 2.19. The average Bonchev–Trinajstić information content (AvgIpc) is 3.01. The summed E-state index contributed by atoms with van der Waals surface area (Å²) in [5, 5.41) is 4.17. The fraction of sp³-hybridized carbons (Fsp3) is 0.200. The number of halogens is 2. The lowest BCUT2D eigenvalue weighted by molar-refractivity contribution is 0.0751. The van der Waals surface area contributed by atoms with Crippen LogP contribution >= 0.6 is 0 Å². The molecule has 0 N–H and O–H groups in total. The van der Waals surface area contributed by atoms with Gasteiger partial charge in [0.05, 0.1) is 17.5 Å². The largest absolute Gasteiger partial charge is 0.334 e. The van der Waals surface area contributed by atoms with Crippen molar-refractivity contribution in [1.82, 2.24) is 14.7 Å². The minimum Gasteiger partial charge on any atom is -0.334 e. The molecule has 0 saturated heterocycles. The monoisotopic (exact) mass is 355 g/mol. The molecule has 2 aromatic carbocycles. The Balaban J connectivity index is 1.88. The van der Waals surface area contributed by atoms with Gasteiger partial charge in [-0.1, -0.05) is 24.3 Å². The highest BCUT2D eigenvalue weighted by Gasteiger charge is 2.21. The second-order valence-electron chi connectivity index (χ2n) is 5.96. The third-order valence-corrected chi connectivity index (χ3v) is 4.25. The maximum Gasteiger partial charge on any atom is 0.257 e. The second-order valence-corrected chi connectivity index (χ2v) is 5.96. The second kappa shape index (κ2) is 7.47. The van der Waals surface area contributed by atoms with E-state index >= 15 is 0 Å². The molecule has 1 amide bonds. The van der Waals surface area contributed by atoms with Crippen molar-refractivity contribution in [2.75, 3.05) is 6.54 Å². The number of para-hydroxylation sites is 1. The number of aromatic nitrogens is 2. The van der Waals surface area contributed by atoms with E-state index in [1.54, 1.807) is 42.2 Å². The zero-order valence-electron chi connectivity index (χ0n) is 14.6. The highest BCUT2D eigenvalue weighted by molar-refractivity contribution is 5.95. The minimum atomic E-state index is -0.412. The Morgan fingerprint density at radius 3 is 2.62 bits per heavy atom. The molecule has 0 unspecified atom stereocenters. The zero-order chi connectivity index (χ0) is 18.7. The third kappa shape index (κ3) is 3.49.